The number of ether oxygens (including phenoxy) is 1. The van der Waals surface area contributed by atoms with Crippen molar-refractivity contribution in [2.75, 3.05) is 20.8 Å². The van der Waals surface area contributed by atoms with Gasteiger partial charge in [0.2, 0.25) is 0 Å². The first-order valence-corrected chi connectivity index (χ1v) is 6.16. The Morgan fingerprint density at radius 3 is 2.44 bits per heavy atom. The van der Waals surface area contributed by atoms with Gasteiger partial charge in [-0.05, 0) is 30.7 Å². The molecule has 3 nitrogen and oxygen atoms in total. The highest BCUT2D eigenvalue weighted by atomic mass is 19.1. The molecule has 0 aliphatic rings. The van der Waals surface area contributed by atoms with Gasteiger partial charge in [-0.1, -0.05) is 19.9 Å². The predicted octanol–water partition coefficient (Wildman–Crippen LogP) is 2.36. The van der Waals surface area contributed by atoms with Crippen LogP contribution >= 0.6 is 0 Å². The van der Waals surface area contributed by atoms with Crippen molar-refractivity contribution in [2.24, 2.45) is 11.8 Å². The Morgan fingerprint density at radius 1 is 1.39 bits per heavy atom. The fourth-order valence-corrected chi connectivity index (χ4v) is 2.21. The molecule has 0 amide bonds. The molecule has 2 unspecified atom stereocenters. The number of rotatable bonds is 6. The van der Waals surface area contributed by atoms with Gasteiger partial charge in [0.15, 0.2) is 11.6 Å². The summed E-state index contributed by atoms with van der Waals surface area (Å²) in [7, 11) is 3.26. The van der Waals surface area contributed by atoms with Crippen LogP contribution in [-0.4, -0.2) is 25.9 Å². The summed E-state index contributed by atoms with van der Waals surface area (Å²) >= 11 is 0. The van der Waals surface area contributed by atoms with Gasteiger partial charge in [-0.2, -0.15) is 0 Å². The van der Waals surface area contributed by atoms with Gasteiger partial charge in [0.05, 0.1) is 7.11 Å². The predicted molar refractivity (Wildman–Crippen MR) is 70.2 cm³/mol. The molecule has 0 radical (unpaired) electrons. The summed E-state index contributed by atoms with van der Waals surface area (Å²) in [4.78, 5) is 0. The smallest absolute Gasteiger partial charge is 0.165 e. The Kier molecular flexibility index (Phi) is 5.56. The van der Waals surface area contributed by atoms with Crippen molar-refractivity contribution in [1.29, 1.82) is 0 Å². The third kappa shape index (κ3) is 3.21. The maximum absolute atomic E-state index is 13.7. The molecule has 1 aromatic carbocycles. The molecule has 0 aliphatic carbocycles. The lowest BCUT2D eigenvalue weighted by Gasteiger charge is -2.29. The van der Waals surface area contributed by atoms with Gasteiger partial charge in [0, 0.05) is 18.6 Å². The first-order chi connectivity index (χ1) is 8.54. The zero-order valence-corrected chi connectivity index (χ0v) is 11.4. The van der Waals surface area contributed by atoms with E-state index in [-0.39, 0.29) is 30.1 Å². The van der Waals surface area contributed by atoms with Gasteiger partial charge in [-0.3, -0.25) is 0 Å². The minimum atomic E-state index is -0.379. The number of hydrogen-bond acceptors (Lipinski definition) is 3. The molecule has 4 heteroatoms. The number of methoxy groups -OCH3 is 1. The van der Waals surface area contributed by atoms with Crippen molar-refractivity contribution in [3.8, 4) is 5.75 Å². The second-order valence-corrected chi connectivity index (χ2v) is 4.75. The van der Waals surface area contributed by atoms with Crippen molar-refractivity contribution in [3.05, 3.63) is 29.6 Å². The van der Waals surface area contributed by atoms with E-state index in [0.717, 1.165) is 5.56 Å². The highest BCUT2D eigenvalue weighted by molar-refractivity contribution is 5.31. The third-order valence-electron chi connectivity index (χ3n) is 3.34. The highest BCUT2D eigenvalue weighted by Gasteiger charge is 2.24. The molecular formula is C14H22FNO2. The lowest BCUT2D eigenvalue weighted by Crippen LogP contribution is -2.31. The van der Waals surface area contributed by atoms with Gasteiger partial charge < -0.3 is 15.2 Å². The first-order valence-electron chi connectivity index (χ1n) is 6.16. The molecule has 0 saturated carbocycles. The average molecular weight is 255 g/mol. The van der Waals surface area contributed by atoms with E-state index in [1.807, 2.05) is 27.0 Å². The summed E-state index contributed by atoms with van der Waals surface area (Å²) in [6.07, 6.45) is 0. The Labute approximate surface area is 108 Å². The maximum Gasteiger partial charge on any atom is 0.165 e. The van der Waals surface area contributed by atoms with E-state index in [1.54, 1.807) is 6.07 Å². The van der Waals surface area contributed by atoms with E-state index in [0.29, 0.717) is 5.92 Å². The van der Waals surface area contributed by atoms with Crippen LogP contribution in [0.3, 0.4) is 0 Å². The molecule has 18 heavy (non-hydrogen) atoms. The zero-order valence-electron chi connectivity index (χ0n) is 11.4. The fraction of sp³-hybridized carbons (Fsp3) is 0.571. The fourth-order valence-electron chi connectivity index (χ4n) is 2.21. The van der Waals surface area contributed by atoms with Gasteiger partial charge >= 0.3 is 0 Å². The number of halogens is 1. The number of aliphatic hydroxyl groups is 1. The summed E-state index contributed by atoms with van der Waals surface area (Å²) < 4.78 is 18.6. The van der Waals surface area contributed by atoms with Crippen molar-refractivity contribution < 1.29 is 14.2 Å². The molecular weight excluding hydrogens is 233 g/mol. The molecule has 2 N–H and O–H groups in total. The molecule has 0 bridgehead atoms. The average Bonchev–Trinajstić information content (AvgIpc) is 2.35. The quantitative estimate of drug-likeness (QED) is 0.820. The zero-order chi connectivity index (χ0) is 13.7. The van der Waals surface area contributed by atoms with E-state index in [9.17, 15) is 9.50 Å². The Hall–Kier alpha value is -1.13. The summed E-state index contributed by atoms with van der Waals surface area (Å²) in [6.45, 7) is 4.16. The Bertz CT molecular complexity index is 382. The first kappa shape index (κ1) is 14.9. The van der Waals surface area contributed by atoms with E-state index < -0.39 is 0 Å². The molecule has 0 spiro atoms. The van der Waals surface area contributed by atoms with Gasteiger partial charge in [-0.15, -0.1) is 0 Å². The van der Waals surface area contributed by atoms with Crippen LogP contribution in [0.1, 0.15) is 25.5 Å². The van der Waals surface area contributed by atoms with Gasteiger partial charge in [-0.25, -0.2) is 4.39 Å². The topological polar surface area (TPSA) is 41.5 Å². The minimum Gasteiger partial charge on any atom is -0.494 e. The van der Waals surface area contributed by atoms with Crippen LogP contribution in [0.4, 0.5) is 4.39 Å². The van der Waals surface area contributed by atoms with Crippen molar-refractivity contribution in [2.45, 2.75) is 19.9 Å². The van der Waals surface area contributed by atoms with Gasteiger partial charge in [0.25, 0.3) is 0 Å². The maximum atomic E-state index is 13.7. The standard InChI is InChI=1S/C14H22FNO2/c1-9(2)11(8-17)14(16-3)10-5-6-13(18-4)12(15)7-10/h5-7,9,11,14,16-17H,8H2,1-4H3. The van der Waals surface area contributed by atoms with Crippen LogP contribution in [0.15, 0.2) is 18.2 Å². The summed E-state index contributed by atoms with van der Waals surface area (Å²) in [5.74, 6) is 0.204. The van der Waals surface area contributed by atoms with Crippen LogP contribution < -0.4 is 10.1 Å². The van der Waals surface area contributed by atoms with E-state index in [1.165, 1.54) is 13.2 Å². The van der Waals surface area contributed by atoms with Gasteiger partial charge in [0.1, 0.15) is 0 Å². The molecule has 1 aromatic rings. The molecule has 2 atom stereocenters. The van der Waals surface area contributed by atoms with Crippen LogP contribution in [0.5, 0.6) is 5.75 Å². The molecule has 0 heterocycles. The van der Waals surface area contributed by atoms with E-state index in [4.69, 9.17) is 4.74 Å². The second-order valence-electron chi connectivity index (χ2n) is 4.75. The monoisotopic (exact) mass is 255 g/mol. The molecule has 0 fully saturated rings. The van der Waals surface area contributed by atoms with Crippen molar-refractivity contribution >= 4 is 0 Å². The normalized spacial score (nSPS) is 14.6. The van der Waals surface area contributed by atoms with Crippen LogP contribution in [0.25, 0.3) is 0 Å². The molecule has 0 aromatic heterocycles. The summed E-state index contributed by atoms with van der Waals surface area (Å²) in [5.41, 5.74) is 0.823. The lowest BCUT2D eigenvalue weighted by atomic mass is 9.85. The van der Waals surface area contributed by atoms with Crippen molar-refractivity contribution in [3.63, 3.8) is 0 Å². The number of aliphatic hydroxyl groups excluding tert-OH is 1. The van der Waals surface area contributed by atoms with Crippen LogP contribution in [-0.2, 0) is 0 Å². The Balaban J connectivity index is 3.05. The van der Waals surface area contributed by atoms with Crippen molar-refractivity contribution in [1.82, 2.24) is 5.32 Å². The lowest BCUT2D eigenvalue weighted by molar-refractivity contribution is 0.154. The molecule has 102 valence electrons. The van der Waals surface area contributed by atoms with E-state index >= 15 is 0 Å². The second kappa shape index (κ2) is 6.71. The van der Waals surface area contributed by atoms with Crippen LogP contribution in [0.2, 0.25) is 0 Å². The number of benzene rings is 1. The Morgan fingerprint density at radius 2 is 2.06 bits per heavy atom. The molecule has 1 rings (SSSR count). The number of nitrogens with one attached hydrogen (secondary N) is 1. The summed E-state index contributed by atoms with van der Waals surface area (Å²) in [6, 6.07) is 4.83. The largest absolute Gasteiger partial charge is 0.494 e. The van der Waals surface area contributed by atoms with Crippen LogP contribution in [0, 0.1) is 17.7 Å². The number of hydrogen-bond donors (Lipinski definition) is 2. The SMILES string of the molecule is CNC(c1ccc(OC)c(F)c1)C(CO)C(C)C. The highest BCUT2D eigenvalue weighted by Crippen LogP contribution is 2.30. The molecule has 0 aliphatic heterocycles. The molecule has 0 saturated heterocycles. The van der Waals surface area contributed by atoms with E-state index in [2.05, 4.69) is 5.32 Å². The third-order valence-corrected chi connectivity index (χ3v) is 3.34. The minimum absolute atomic E-state index is 0.0443. The summed E-state index contributed by atoms with van der Waals surface area (Å²) in [5, 5.41) is 12.6.